The lowest BCUT2D eigenvalue weighted by atomic mass is 9.98. The zero-order valence-corrected chi connectivity index (χ0v) is 23.7. The van der Waals surface area contributed by atoms with E-state index in [4.69, 9.17) is 15.7 Å². The van der Waals surface area contributed by atoms with Crippen molar-refractivity contribution in [3.8, 4) is 6.19 Å². The molecule has 44 heavy (non-hydrogen) atoms. The van der Waals surface area contributed by atoms with Crippen LogP contribution in [0, 0.1) is 18.4 Å². The van der Waals surface area contributed by atoms with E-state index in [0.29, 0.717) is 24.1 Å². The van der Waals surface area contributed by atoms with Gasteiger partial charge >= 0.3 is 5.97 Å². The van der Waals surface area contributed by atoms with Crippen LogP contribution in [0.1, 0.15) is 66.1 Å². The summed E-state index contributed by atoms with van der Waals surface area (Å²) in [5.41, 5.74) is 10.2. The molecule has 2 aromatic carbocycles. The molecule has 5 rings (SSSR count). The highest BCUT2D eigenvalue weighted by atomic mass is 16.5. The van der Waals surface area contributed by atoms with Crippen molar-refractivity contribution in [3.05, 3.63) is 101 Å². The quantitative estimate of drug-likeness (QED) is 0.0734. The summed E-state index contributed by atoms with van der Waals surface area (Å²) >= 11 is 0. The van der Waals surface area contributed by atoms with Gasteiger partial charge in [-0.2, -0.15) is 19.9 Å². The maximum absolute atomic E-state index is 13.5. The average Bonchev–Trinajstić information content (AvgIpc) is 3.66. The first-order valence-electron chi connectivity index (χ1n) is 13.6. The Morgan fingerprint density at radius 2 is 2.09 bits per heavy atom. The summed E-state index contributed by atoms with van der Waals surface area (Å²) < 4.78 is 6.47. The summed E-state index contributed by atoms with van der Waals surface area (Å²) in [7, 11) is 0. The smallest absolute Gasteiger partial charge is 0.338 e. The maximum Gasteiger partial charge on any atom is 0.338 e. The molecule has 1 aliphatic carbocycles. The van der Waals surface area contributed by atoms with E-state index in [0.717, 1.165) is 22.3 Å². The number of nitrogens with zero attached hydrogens (tertiary/aromatic N) is 6. The molecule has 0 bridgehead atoms. The minimum absolute atomic E-state index is 0.0133. The van der Waals surface area contributed by atoms with Crippen LogP contribution in [-0.2, 0) is 17.7 Å². The van der Waals surface area contributed by atoms with Crippen molar-refractivity contribution in [1.82, 2.24) is 30.2 Å². The fourth-order valence-corrected chi connectivity index (χ4v) is 5.05. The second-order valence-electron chi connectivity index (χ2n) is 9.86. The highest BCUT2D eigenvalue weighted by Gasteiger charge is 2.29. The van der Waals surface area contributed by atoms with Gasteiger partial charge in [-0.3, -0.25) is 9.59 Å². The number of hydrogen-bond donors (Lipinski definition) is 4. The fourth-order valence-electron chi connectivity index (χ4n) is 5.05. The van der Waals surface area contributed by atoms with Gasteiger partial charge in [0, 0.05) is 18.3 Å². The van der Waals surface area contributed by atoms with Crippen LogP contribution in [0.25, 0.3) is 5.78 Å². The van der Waals surface area contributed by atoms with Gasteiger partial charge < -0.3 is 26.4 Å². The Bertz CT molecular complexity index is 1860. The Hall–Kier alpha value is -6.10. The molecule has 0 radical (unpaired) electrons. The van der Waals surface area contributed by atoms with E-state index in [9.17, 15) is 14.4 Å². The number of guanidine groups is 1. The van der Waals surface area contributed by atoms with Crippen LogP contribution in [0.2, 0.25) is 0 Å². The number of aromatic nitrogens is 4. The summed E-state index contributed by atoms with van der Waals surface area (Å²) in [6, 6.07) is 11.6. The Morgan fingerprint density at radius 3 is 2.89 bits per heavy atom. The molecule has 5 N–H and O–H groups in total. The summed E-state index contributed by atoms with van der Waals surface area (Å²) in [4.78, 5) is 50.9. The molecule has 0 saturated carbocycles. The first kappa shape index (κ1) is 29.4. The number of rotatable bonds is 9. The Morgan fingerprint density at radius 1 is 1.25 bits per heavy atom. The zero-order chi connectivity index (χ0) is 31.2. The number of aliphatic imine (C=N–C) groups is 1. The van der Waals surface area contributed by atoms with E-state index >= 15 is 0 Å². The van der Waals surface area contributed by atoms with E-state index < -0.39 is 17.8 Å². The average molecular weight is 593 g/mol. The highest BCUT2D eigenvalue weighted by molar-refractivity contribution is 5.98. The van der Waals surface area contributed by atoms with E-state index in [1.807, 2.05) is 13.0 Å². The largest absolute Gasteiger partial charge is 0.458 e. The van der Waals surface area contributed by atoms with E-state index in [1.165, 1.54) is 23.0 Å². The molecule has 14 nitrogen and oxygen atoms in total. The third kappa shape index (κ3) is 6.21. The number of nitrogens with two attached hydrogens (primary N) is 1. The lowest BCUT2D eigenvalue weighted by Gasteiger charge is -2.16. The Kier molecular flexibility index (Phi) is 8.57. The van der Waals surface area contributed by atoms with Crippen LogP contribution in [0.4, 0.5) is 5.69 Å². The Balaban J connectivity index is 1.31. The summed E-state index contributed by atoms with van der Waals surface area (Å²) in [6.07, 6.45) is 5.67. The number of anilines is 1. The van der Waals surface area contributed by atoms with Crippen molar-refractivity contribution in [1.29, 1.82) is 5.26 Å². The lowest BCUT2D eigenvalue weighted by molar-refractivity contribution is 0.0548. The summed E-state index contributed by atoms with van der Waals surface area (Å²) in [5.74, 6) is -1.38. The van der Waals surface area contributed by atoms with Gasteiger partial charge in [0.2, 0.25) is 12.2 Å². The number of ether oxygens (including phenoxy) is 1. The predicted octanol–water partition coefficient (Wildman–Crippen LogP) is 2.33. The van der Waals surface area contributed by atoms with E-state index in [1.54, 1.807) is 36.5 Å². The van der Waals surface area contributed by atoms with E-state index in [-0.39, 0.29) is 42.3 Å². The molecule has 0 saturated heterocycles. The van der Waals surface area contributed by atoms with Crippen molar-refractivity contribution < 1.29 is 19.1 Å². The van der Waals surface area contributed by atoms with Gasteiger partial charge in [-0.1, -0.05) is 30.9 Å². The topological polar surface area (TPSA) is 202 Å². The van der Waals surface area contributed by atoms with Crippen LogP contribution >= 0.6 is 0 Å². The summed E-state index contributed by atoms with van der Waals surface area (Å²) in [6.45, 7) is 5.70. The molecule has 2 aromatic heterocycles. The van der Waals surface area contributed by atoms with Gasteiger partial charge in [0.15, 0.2) is 0 Å². The highest BCUT2D eigenvalue weighted by Crippen LogP contribution is 2.35. The van der Waals surface area contributed by atoms with Gasteiger partial charge in [0.25, 0.3) is 17.6 Å². The first-order chi connectivity index (χ1) is 21.3. The number of benzene rings is 2. The molecule has 0 fully saturated rings. The van der Waals surface area contributed by atoms with Crippen LogP contribution in [-0.4, -0.2) is 49.9 Å². The molecule has 2 heterocycles. The molecule has 1 aliphatic rings. The molecule has 0 aliphatic heterocycles. The van der Waals surface area contributed by atoms with Crippen LogP contribution in [0.3, 0.4) is 0 Å². The van der Waals surface area contributed by atoms with Gasteiger partial charge in [-0.25, -0.2) is 9.78 Å². The molecular weight excluding hydrogens is 564 g/mol. The molecule has 2 amide bonds. The number of amides is 2. The second-order valence-corrected chi connectivity index (χ2v) is 9.86. The van der Waals surface area contributed by atoms with Gasteiger partial charge in [0.1, 0.15) is 24.3 Å². The predicted molar refractivity (Wildman–Crippen MR) is 159 cm³/mol. The van der Waals surface area contributed by atoms with Crippen molar-refractivity contribution in [2.45, 2.75) is 32.4 Å². The van der Waals surface area contributed by atoms with Crippen molar-refractivity contribution in [3.63, 3.8) is 0 Å². The number of carbonyl (C=O) groups is 3. The third-order valence-corrected chi connectivity index (χ3v) is 7.09. The SMILES string of the molecule is C=CCOC(=O)c1ccc2c(c1C)CC[C@@H]2NC(=O)c1cc(C(=O)NCc2cccc(NC(N)=NC#N)c2)nc2ncnn12. The molecule has 4 aromatic rings. The number of nitriles is 1. The van der Waals surface area contributed by atoms with Gasteiger partial charge in [-0.05, 0) is 60.2 Å². The molecule has 222 valence electrons. The first-order valence-corrected chi connectivity index (χ1v) is 13.6. The molecule has 1 atom stereocenters. The maximum atomic E-state index is 13.5. The number of esters is 1. The van der Waals surface area contributed by atoms with Gasteiger partial charge in [-0.15, -0.1) is 4.99 Å². The monoisotopic (exact) mass is 592 g/mol. The van der Waals surface area contributed by atoms with Crippen LogP contribution < -0.4 is 21.7 Å². The molecule has 0 unspecified atom stereocenters. The standard InChI is InChI=1S/C30H28N10O4/c1-3-11-44-28(43)21-7-8-22-20(17(21)2)9-10-23(22)38-27(42)25-13-24(39-30-35-16-36-40(25)30)26(41)33-14-18-5-4-6-19(12-18)37-29(32)34-15-31/h3-8,12-13,16,23H,1,9-11,14H2,2H3,(H,33,41)(H,38,42)(H3,32,34,37)/t23-/m0/s1. The molecule has 0 spiro atoms. The minimum Gasteiger partial charge on any atom is -0.458 e. The Labute approximate surface area is 251 Å². The van der Waals surface area contributed by atoms with Crippen molar-refractivity contribution in [2.24, 2.45) is 10.7 Å². The number of hydrogen-bond acceptors (Lipinski definition) is 9. The van der Waals surface area contributed by atoms with E-state index in [2.05, 4.69) is 42.6 Å². The summed E-state index contributed by atoms with van der Waals surface area (Å²) in [5, 5.41) is 21.4. The normalized spacial score (nSPS) is 13.9. The zero-order valence-electron chi connectivity index (χ0n) is 23.7. The minimum atomic E-state index is -0.522. The van der Waals surface area contributed by atoms with Crippen molar-refractivity contribution in [2.75, 3.05) is 11.9 Å². The third-order valence-electron chi connectivity index (χ3n) is 7.09. The van der Waals surface area contributed by atoms with Crippen molar-refractivity contribution >= 4 is 35.2 Å². The lowest BCUT2D eigenvalue weighted by Crippen LogP contribution is -2.30. The van der Waals surface area contributed by atoms with Crippen LogP contribution in [0.15, 0.2) is 66.4 Å². The number of carbonyl (C=O) groups excluding carboxylic acids is 3. The van der Waals surface area contributed by atoms with Crippen LogP contribution in [0.5, 0.6) is 0 Å². The second kappa shape index (κ2) is 12.8. The fraction of sp³-hybridized carbons (Fsp3) is 0.200. The molecule has 14 heteroatoms. The van der Waals surface area contributed by atoms with Gasteiger partial charge in [0.05, 0.1) is 11.6 Å². The molecular formula is C30H28N10O4. The number of fused-ring (bicyclic) bond motifs is 2. The number of nitrogens with one attached hydrogen (secondary N) is 3.